The molecule has 0 saturated heterocycles. The predicted octanol–water partition coefficient (Wildman–Crippen LogP) is 3.25. The summed E-state index contributed by atoms with van der Waals surface area (Å²) in [5, 5.41) is -0.223. The Kier molecular flexibility index (Phi) is 3.33. The molecule has 0 aliphatic heterocycles. The van der Waals surface area contributed by atoms with Gasteiger partial charge in [0.05, 0.1) is 5.56 Å². The van der Waals surface area contributed by atoms with Crippen molar-refractivity contribution in [2.75, 3.05) is 0 Å². The number of pyridine rings is 1. The molecule has 2 nitrogen and oxygen atoms in total. The zero-order valence-corrected chi connectivity index (χ0v) is 8.44. The fraction of sp³-hybridized carbons (Fsp3) is 0.143. The molecule has 0 aliphatic carbocycles. The summed E-state index contributed by atoms with van der Waals surface area (Å²) in [5.41, 5.74) is -0.381. The zero-order valence-electron chi connectivity index (χ0n) is 6.10. The van der Waals surface area contributed by atoms with Crippen LogP contribution < -0.4 is 0 Å². The minimum absolute atomic E-state index is 0.0751. The van der Waals surface area contributed by atoms with Gasteiger partial charge in [0, 0.05) is 4.47 Å². The van der Waals surface area contributed by atoms with E-state index in [2.05, 4.69) is 20.9 Å². The van der Waals surface area contributed by atoms with Crippen molar-refractivity contribution in [2.45, 2.75) is 6.43 Å². The second kappa shape index (κ2) is 4.11. The normalized spacial score (nSPS) is 10.5. The molecule has 1 aromatic heterocycles. The Morgan fingerprint density at radius 2 is 2.23 bits per heavy atom. The van der Waals surface area contributed by atoms with Gasteiger partial charge in [0.2, 0.25) is 0 Å². The zero-order chi connectivity index (χ0) is 10.0. The van der Waals surface area contributed by atoms with Crippen LogP contribution in [-0.4, -0.2) is 11.3 Å². The minimum Gasteiger partial charge on any atom is -0.298 e. The molecule has 0 amide bonds. The van der Waals surface area contributed by atoms with Crippen LogP contribution in [0.25, 0.3) is 0 Å². The van der Waals surface area contributed by atoms with Gasteiger partial charge in [0.15, 0.2) is 6.29 Å². The number of carbonyl (C=O) groups excluding carboxylic acids is 1. The van der Waals surface area contributed by atoms with Gasteiger partial charge in [-0.05, 0) is 22.0 Å². The number of rotatable bonds is 2. The first-order valence-corrected chi connectivity index (χ1v) is 4.32. The molecule has 0 bridgehead atoms. The summed E-state index contributed by atoms with van der Waals surface area (Å²) in [4.78, 5) is 13.7. The van der Waals surface area contributed by atoms with E-state index in [9.17, 15) is 13.6 Å². The summed E-state index contributed by atoms with van der Waals surface area (Å²) < 4.78 is 24.5. The Balaban J connectivity index is 3.28. The summed E-state index contributed by atoms with van der Waals surface area (Å²) >= 11 is 8.41. The lowest BCUT2D eigenvalue weighted by atomic mass is 10.3. The van der Waals surface area contributed by atoms with Gasteiger partial charge in [-0.25, -0.2) is 13.8 Å². The summed E-state index contributed by atoms with van der Waals surface area (Å²) in [5.74, 6) is 0. The Labute approximate surface area is 86.0 Å². The van der Waals surface area contributed by atoms with Gasteiger partial charge in [-0.3, -0.25) is 4.79 Å². The van der Waals surface area contributed by atoms with Crippen molar-refractivity contribution in [3.8, 4) is 0 Å². The van der Waals surface area contributed by atoms with Crippen molar-refractivity contribution in [1.29, 1.82) is 0 Å². The minimum atomic E-state index is -2.70. The van der Waals surface area contributed by atoms with E-state index in [4.69, 9.17) is 11.6 Å². The highest BCUT2D eigenvalue weighted by molar-refractivity contribution is 9.10. The van der Waals surface area contributed by atoms with Crippen molar-refractivity contribution in [3.63, 3.8) is 0 Å². The van der Waals surface area contributed by atoms with Gasteiger partial charge in [0.1, 0.15) is 10.8 Å². The number of hydrogen-bond donors (Lipinski definition) is 0. The summed E-state index contributed by atoms with van der Waals surface area (Å²) in [7, 11) is 0. The molecule has 1 rings (SSSR count). The molecule has 0 radical (unpaired) electrons. The van der Waals surface area contributed by atoms with E-state index in [0.29, 0.717) is 6.29 Å². The molecule has 1 aromatic rings. The highest BCUT2D eigenvalue weighted by Crippen LogP contribution is 2.27. The molecular formula is C7H3BrClF2NO. The highest BCUT2D eigenvalue weighted by Gasteiger charge is 2.14. The number of nitrogens with zero attached hydrogens (tertiary/aromatic N) is 1. The van der Waals surface area contributed by atoms with Crippen molar-refractivity contribution >= 4 is 33.8 Å². The second-order valence-electron chi connectivity index (χ2n) is 2.15. The van der Waals surface area contributed by atoms with E-state index < -0.39 is 12.1 Å². The van der Waals surface area contributed by atoms with Crippen LogP contribution in [-0.2, 0) is 0 Å². The number of carbonyl (C=O) groups is 1. The third kappa shape index (κ3) is 2.22. The molecule has 0 spiro atoms. The number of alkyl halides is 2. The Morgan fingerprint density at radius 1 is 1.62 bits per heavy atom. The molecule has 6 heteroatoms. The molecule has 0 atom stereocenters. The first-order valence-electron chi connectivity index (χ1n) is 3.15. The van der Waals surface area contributed by atoms with Gasteiger partial charge in [0.25, 0.3) is 6.43 Å². The SMILES string of the molecule is O=Cc1c(Br)cc(C(F)F)nc1Cl. The number of hydrogen-bond acceptors (Lipinski definition) is 2. The van der Waals surface area contributed by atoms with E-state index in [1.807, 2.05) is 0 Å². The Bertz CT molecular complexity index is 322. The van der Waals surface area contributed by atoms with Crippen LogP contribution in [0.5, 0.6) is 0 Å². The van der Waals surface area contributed by atoms with Crippen LogP contribution in [0.4, 0.5) is 8.78 Å². The molecule has 0 aromatic carbocycles. The van der Waals surface area contributed by atoms with Gasteiger partial charge in [-0.1, -0.05) is 11.6 Å². The molecule has 0 saturated carbocycles. The van der Waals surface area contributed by atoms with Crippen LogP contribution in [0.2, 0.25) is 5.15 Å². The van der Waals surface area contributed by atoms with E-state index >= 15 is 0 Å². The Hall–Kier alpha value is -0.550. The summed E-state index contributed by atoms with van der Waals surface area (Å²) in [6, 6.07) is 1.07. The van der Waals surface area contributed by atoms with Gasteiger partial charge in [-0.15, -0.1) is 0 Å². The molecule has 1 heterocycles. The number of aromatic nitrogens is 1. The quantitative estimate of drug-likeness (QED) is 0.610. The lowest BCUT2D eigenvalue weighted by Crippen LogP contribution is -1.95. The topological polar surface area (TPSA) is 30.0 Å². The third-order valence-electron chi connectivity index (χ3n) is 1.32. The van der Waals surface area contributed by atoms with Crippen molar-refractivity contribution < 1.29 is 13.6 Å². The maximum Gasteiger partial charge on any atom is 0.280 e. The van der Waals surface area contributed by atoms with Crippen molar-refractivity contribution in [2.24, 2.45) is 0 Å². The first-order chi connectivity index (χ1) is 6.06. The molecule has 70 valence electrons. The smallest absolute Gasteiger partial charge is 0.280 e. The lowest BCUT2D eigenvalue weighted by Gasteiger charge is -2.03. The average Bonchev–Trinajstić information content (AvgIpc) is 2.03. The van der Waals surface area contributed by atoms with Gasteiger partial charge < -0.3 is 0 Å². The van der Waals surface area contributed by atoms with Crippen LogP contribution >= 0.6 is 27.5 Å². The van der Waals surface area contributed by atoms with E-state index in [1.54, 1.807) is 0 Å². The molecule has 13 heavy (non-hydrogen) atoms. The predicted molar refractivity (Wildman–Crippen MR) is 47.3 cm³/mol. The Morgan fingerprint density at radius 3 is 2.62 bits per heavy atom. The van der Waals surface area contributed by atoms with Crippen molar-refractivity contribution in [1.82, 2.24) is 4.98 Å². The number of aldehydes is 1. The van der Waals surface area contributed by atoms with Crippen LogP contribution in [0.15, 0.2) is 10.5 Å². The highest BCUT2D eigenvalue weighted by atomic mass is 79.9. The van der Waals surface area contributed by atoms with E-state index in [-0.39, 0.29) is 15.2 Å². The van der Waals surface area contributed by atoms with Crippen molar-refractivity contribution in [3.05, 3.63) is 26.9 Å². The monoisotopic (exact) mass is 269 g/mol. The fourth-order valence-electron chi connectivity index (χ4n) is 0.729. The largest absolute Gasteiger partial charge is 0.298 e. The summed E-state index contributed by atoms with van der Waals surface area (Å²) in [6.07, 6.45) is -2.25. The standard InChI is InChI=1S/C7H3BrClF2NO/c8-4-1-5(7(10)11)12-6(9)3(4)2-13/h1-2,7H. The molecular weight excluding hydrogens is 267 g/mol. The van der Waals surface area contributed by atoms with Crippen LogP contribution in [0.3, 0.4) is 0 Å². The molecule has 0 unspecified atom stereocenters. The van der Waals surface area contributed by atoms with Crippen LogP contribution in [0, 0.1) is 0 Å². The fourth-order valence-corrected chi connectivity index (χ4v) is 1.60. The maximum atomic E-state index is 12.1. The van der Waals surface area contributed by atoms with Gasteiger partial charge >= 0.3 is 0 Å². The van der Waals surface area contributed by atoms with Crippen LogP contribution in [0.1, 0.15) is 22.5 Å². The maximum absolute atomic E-state index is 12.1. The average molecular weight is 270 g/mol. The molecule has 0 N–H and O–H groups in total. The molecule has 0 fully saturated rings. The summed E-state index contributed by atoms with van der Waals surface area (Å²) in [6.45, 7) is 0. The lowest BCUT2D eigenvalue weighted by molar-refractivity contribution is 0.112. The third-order valence-corrected chi connectivity index (χ3v) is 2.27. The van der Waals surface area contributed by atoms with Gasteiger partial charge in [-0.2, -0.15) is 0 Å². The van der Waals surface area contributed by atoms with E-state index in [0.717, 1.165) is 6.07 Å². The molecule has 0 aliphatic rings. The van der Waals surface area contributed by atoms with E-state index in [1.165, 1.54) is 0 Å². The first kappa shape index (κ1) is 10.5. The second-order valence-corrected chi connectivity index (χ2v) is 3.36. The number of halogens is 4.